The van der Waals surface area contributed by atoms with Crippen molar-refractivity contribution in [1.29, 1.82) is 0 Å². The van der Waals surface area contributed by atoms with Crippen LogP contribution in [-0.4, -0.2) is 37.6 Å². The molecule has 0 spiro atoms. The van der Waals surface area contributed by atoms with Crippen molar-refractivity contribution in [2.45, 2.75) is 13.3 Å². The van der Waals surface area contributed by atoms with Gasteiger partial charge in [-0.1, -0.05) is 13.0 Å². The van der Waals surface area contributed by atoms with Crippen LogP contribution in [0.1, 0.15) is 23.7 Å². The Hall–Kier alpha value is -1.59. The fraction of sp³-hybridized carbons (Fsp3) is 0.533. The first kappa shape index (κ1) is 14.8. The summed E-state index contributed by atoms with van der Waals surface area (Å²) in [6, 6.07) is 7.03. The zero-order valence-electron chi connectivity index (χ0n) is 12.1. The number of carbonyl (C=O) groups excluding carboxylic acids is 1. The Morgan fingerprint density at radius 1 is 1.55 bits per heavy atom. The number of carbonyl (C=O) groups is 1. The van der Waals surface area contributed by atoms with Crippen LogP contribution in [0.4, 0.5) is 0 Å². The van der Waals surface area contributed by atoms with Crippen molar-refractivity contribution < 1.29 is 9.53 Å². The van der Waals surface area contributed by atoms with Gasteiger partial charge in [0.1, 0.15) is 12.4 Å². The van der Waals surface area contributed by atoms with E-state index >= 15 is 0 Å². The number of nitrogens with zero attached hydrogens (tertiary/aromatic N) is 1. The summed E-state index contributed by atoms with van der Waals surface area (Å²) >= 11 is 0. The third-order valence-electron chi connectivity index (χ3n) is 3.79. The smallest absolute Gasteiger partial charge is 0.265 e. The minimum atomic E-state index is -0.310. The zero-order chi connectivity index (χ0) is 14.5. The van der Waals surface area contributed by atoms with Crippen LogP contribution in [0.25, 0.3) is 0 Å². The topological polar surface area (TPSA) is 67.6 Å². The fourth-order valence-corrected chi connectivity index (χ4v) is 2.27. The molecule has 0 saturated heterocycles. The molecule has 110 valence electrons. The summed E-state index contributed by atoms with van der Waals surface area (Å²) in [7, 11) is 2.12. The fourth-order valence-electron chi connectivity index (χ4n) is 2.27. The lowest BCUT2D eigenvalue weighted by Gasteiger charge is -2.16. The molecule has 5 nitrogen and oxygen atoms in total. The maximum atomic E-state index is 11.4. The molecule has 1 saturated carbocycles. The highest BCUT2D eigenvalue weighted by atomic mass is 16.5. The first-order valence-electron chi connectivity index (χ1n) is 7.02. The minimum absolute atomic E-state index is 0.310. The lowest BCUT2D eigenvalue weighted by molar-refractivity contribution is 0.0953. The second kappa shape index (κ2) is 6.72. The average molecular weight is 277 g/mol. The van der Waals surface area contributed by atoms with Crippen molar-refractivity contribution in [2.75, 3.05) is 26.7 Å². The Morgan fingerprint density at radius 3 is 2.95 bits per heavy atom. The van der Waals surface area contributed by atoms with E-state index in [1.54, 1.807) is 18.2 Å². The molecule has 0 heterocycles. The second-order valence-corrected chi connectivity index (χ2v) is 5.59. The molecule has 5 heteroatoms. The predicted octanol–water partition coefficient (Wildman–Crippen LogP) is 1.26. The summed E-state index contributed by atoms with van der Waals surface area (Å²) in [6.07, 6.45) is 1.35. The van der Waals surface area contributed by atoms with E-state index in [0.717, 1.165) is 24.9 Å². The van der Waals surface area contributed by atoms with E-state index in [4.69, 9.17) is 10.6 Å². The molecule has 20 heavy (non-hydrogen) atoms. The molecule has 2 rings (SSSR count). The van der Waals surface area contributed by atoms with Crippen LogP contribution in [0.15, 0.2) is 24.3 Å². The summed E-state index contributed by atoms with van der Waals surface area (Å²) < 4.78 is 5.68. The number of hydrogen-bond acceptors (Lipinski definition) is 4. The number of hydrazine groups is 1. The van der Waals surface area contributed by atoms with Gasteiger partial charge >= 0.3 is 0 Å². The van der Waals surface area contributed by atoms with Gasteiger partial charge in [-0.05, 0) is 43.5 Å². The highest BCUT2D eigenvalue weighted by molar-refractivity contribution is 5.94. The third-order valence-corrected chi connectivity index (χ3v) is 3.79. The van der Waals surface area contributed by atoms with E-state index in [9.17, 15) is 4.79 Å². The van der Waals surface area contributed by atoms with Crippen molar-refractivity contribution in [2.24, 2.45) is 17.7 Å². The normalized spacial score (nSPS) is 20.8. The minimum Gasteiger partial charge on any atom is -0.492 e. The molecule has 1 aliphatic rings. The quantitative estimate of drug-likeness (QED) is 0.447. The number of nitrogen functional groups attached to an aromatic ring is 1. The zero-order valence-corrected chi connectivity index (χ0v) is 12.1. The standard InChI is InChI=1S/C15H23N3O2/c1-11-8-13(11)10-18(2)6-7-20-14-5-3-4-12(9-14)15(19)17-16/h3-5,9,11,13H,6-8,10,16H2,1-2H3,(H,17,19). The number of nitrogens with two attached hydrogens (primary N) is 1. The summed E-state index contributed by atoms with van der Waals surface area (Å²) in [4.78, 5) is 13.7. The van der Waals surface area contributed by atoms with Crippen molar-refractivity contribution in [3.8, 4) is 5.75 Å². The largest absolute Gasteiger partial charge is 0.492 e. The lowest BCUT2D eigenvalue weighted by Crippen LogP contribution is -2.30. The van der Waals surface area contributed by atoms with Crippen LogP contribution >= 0.6 is 0 Å². The van der Waals surface area contributed by atoms with Crippen LogP contribution in [-0.2, 0) is 0 Å². The van der Waals surface area contributed by atoms with Crippen molar-refractivity contribution in [3.05, 3.63) is 29.8 Å². The van der Waals surface area contributed by atoms with Gasteiger partial charge < -0.3 is 9.64 Å². The average Bonchev–Trinajstić information content (AvgIpc) is 3.13. The Kier molecular flexibility index (Phi) is 4.98. The summed E-state index contributed by atoms with van der Waals surface area (Å²) in [5, 5.41) is 0. The van der Waals surface area contributed by atoms with E-state index < -0.39 is 0 Å². The molecule has 2 unspecified atom stereocenters. The second-order valence-electron chi connectivity index (χ2n) is 5.59. The molecule has 0 aliphatic heterocycles. The van der Waals surface area contributed by atoms with Crippen LogP contribution in [0.3, 0.4) is 0 Å². The SMILES string of the molecule is CC1CC1CN(C)CCOc1cccc(C(=O)NN)c1. The molecule has 1 aromatic rings. The van der Waals surface area contributed by atoms with E-state index in [1.807, 2.05) is 6.07 Å². The summed E-state index contributed by atoms with van der Waals surface area (Å²) in [5.41, 5.74) is 2.62. The van der Waals surface area contributed by atoms with Gasteiger partial charge in [-0.15, -0.1) is 0 Å². The number of benzene rings is 1. The van der Waals surface area contributed by atoms with E-state index in [1.165, 1.54) is 6.42 Å². The van der Waals surface area contributed by atoms with Crippen molar-refractivity contribution in [3.63, 3.8) is 0 Å². The molecule has 1 fully saturated rings. The summed E-state index contributed by atoms with van der Waals surface area (Å²) in [6.45, 7) is 4.94. The number of amides is 1. The number of rotatable bonds is 7. The first-order chi connectivity index (χ1) is 9.60. The highest BCUT2D eigenvalue weighted by Crippen LogP contribution is 2.37. The predicted molar refractivity (Wildman–Crippen MR) is 78.4 cm³/mol. The highest BCUT2D eigenvalue weighted by Gasteiger charge is 2.32. The molecule has 1 amide bonds. The van der Waals surface area contributed by atoms with Gasteiger partial charge in [-0.25, -0.2) is 5.84 Å². The molecular formula is C15H23N3O2. The van der Waals surface area contributed by atoms with Gasteiger partial charge in [0.2, 0.25) is 0 Å². The molecule has 0 aromatic heterocycles. The number of ether oxygens (including phenoxy) is 1. The summed E-state index contributed by atoms with van der Waals surface area (Å²) in [5.74, 6) is 7.23. The lowest BCUT2D eigenvalue weighted by atomic mass is 10.2. The number of likely N-dealkylation sites (N-methyl/N-ethyl adjacent to an activating group) is 1. The number of hydrogen-bond donors (Lipinski definition) is 2. The van der Waals surface area contributed by atoms with Crippen LogP contribution < -0.4 is 16.0 Å². The molecule has 3 N–H and O–H groups in total. The van der Waals surface area contributed by atoms with Gasteiger partial charge in [0, 0.05) is 18.7 Å². The molecule has 0 bridgehead atoms. The van der Waals surface area contributed by atoms with Crippen LogP contribution in [0.5, 0.6) is 5.75 Å². The maximum Gasteiger partial charge on any atom is 0.265 e. The Balaban J connectivity index is 1.74. The molecule has 1 aliphatic carbocycles. The van der Waals surface area contributed by atoms with E-state index in [-0.39, 0.29) is 5.91 Å². The maximum absolute atomic E-state index is 11.4. The Labute approximate surface area is 120 Å². The Bertz CT molecular complexity index is 464. The van der Waals surface area contributed by atoms with Crippen LogP contribution in [0, 0.1) is 11.8 Å². The van der Waals surface area contributed by atoms with Crippen molar-refractivity contribution in [1.82, 2.24) is 10.3 Å². The third kappa shape index (κ3) is 4.21. The van der Waals surface area contributed by atoms with Gasteiger partial charge in [0.05, 0.1) is 0 Å². The van der Waals surface area contributed by atoms with Crippen molar-refractivity contribution >= 4 is 5.91 Å². The number of nitrogens with one attached hydrogen (secondary N) is 1. The molecular weight excluding hydrogens is 254 g/mol. The molecule has 1 aromatic carbocycles. The van der Waals surface area contributed by atoms with Gasteiger partial charge in [-0.3, -0.25) is 10.2 Å². The van der Waals surface area contributed by atoms with Gasteiger partial charge in [0.25, 0.3) is 5.91 Å². The Morgan fingerprint density at radius 2 is 2.30 bits per heavy atom. The molecule has 2 atom stereocenters. The van der Waals surface area contributed by atoms with E-state index in [2.05, 4.69) is 24.3 Å². The van der Waals surface area contributed by atoms with E-state index in [0.29, 0.717) is 17.9 Å². The molecule has 0 radical (unpaired) electrons. The van der Waals surface area contributed by atoms with Gasteiger partial charge in [-0.2, -0.15) is 0 Å². The van der Waals surface area contributed by atoms with Crippen LogP contribution in [0.2, 0.25) is 0 Å². The monoisotopic (exact) mass is 277 g/mol. The first-order valence-corrected chi connectivity index (χ1v) is 7.02. The van der Waals surface area contributed by atoms with Gasteiger partial charge in [0.15, 0.2) is 0 Å².